The van der Waals surface area contributed by atoms with E-state index in [0.29, 0.717) is 24.3 Å². The molecule has 8 nitrogen and oxygen atoms in total. The van der Waals surface area contributed by atoms with E-state index in [-0.39, 0.29) is 18.0 Å². The number of carbonyl (C=O) groups excluding carboxylic acids is 1. The average molecular weight is 475 g/mol. The fourth-order valence-electron chi connectivity index (χ4n) is 5.17. The lowest BCUT2D eigenvalue weighted by atomic mass is 9.84. The van der Waals surface area contributed by atoms with Crippen molar-refractivity contribution in [1.82, 2.24) is 19.9 Å². The summed E-state index contributed by atoms with van der Waals surface area (Å²) < 4.78 is 7.73. The monoisotopic (exact) mass is 474 g/mol. The second-order valence-corrected chi connectivity index (χ2v) is 9.45. The van der Waals surface area contributed by atoms with Gasteiger partial charge in [-0.3, -0.25) is 4.79 Å². The molecule has 2 aliphatic rings. The highest BCUT2D eigenvalue weighted by atomic mass is 16.5. The number of nitrogens with one attached hydrogen (secondary N) is 3. The van der Waals surface area contributed by atoms with Crippen LogP contribution in [0.1, 0.15) is 56.6 Å². The number of carbonyl (C=O) groups is 1. The predicted molar refractivity (Wildman–Crippen MR) is 137 cm³/mol. The van der Waals surface area contributed by atoms with Crippen LogP contribution in [0.2, 0.25) is 0 Å². The van der Waals surface area contributed by atoms with E-state index in [4.69, 9.17) is 4.74 Å². The average Bonchev–Trinajstić information content (AvgIpc) is 3.44. The number of rotatable bonds is 8. The predicted octanol–water partition coefficient (Wildman–Crippen LogP) is 4.70. The summed E-state index contributed by atoms with van der Waals surface area (Å²) in [4.78, 5) is 22.9. The highest BCUT2D eigenvalue weighted by Crippen LogP contribution is 2.33. The first-order valence-corrected chi connectivity index (χ1v) is 12.7. The van der Waals surface area contributed by atoms with Gasteiger partial charge in [0, 0.05) is 37.5 Å². The van der Waals surface area contributed by atoms with Gasteiger partial charge in [-0.15, -0.1) is 0 Å². The summed E-state index contributed by atoms with van der Waals surface area (Å²) >= 11 is 0. The Balaban J connectivity index is 1.38. The first-order valence-electron chi connectivity index (χ1n) is 12.7. The Morgan fingerprint density at radius 1 is 1.09 bits per heavy atom. The molecule has 3 N–H and O–H groups in total. The van der Waals surface area contributed by atoms with Crippen LogP contribution in [0.4, 0.5) is 11.8 Å². The summed E-state index contributed by atoms with van der Waals surface area (Å²) in [5.41, 5.74) is 1.04. The maximum atomic E-state index is 13.7. The molecule has 1 amide bonds. The lowest BCUT2D eigenvalue weighted by Gasteiger charge is -2.30. The smallest absolute Gasteiger partial charge is 0.243 e. The van der Waals surface area contributed by atoms with Gasteiger partial charge in [-0.1, -0.05) is 50.3 Å². The number of anilines is 2. The van der Waals surface area contributed by atoms with Crippen LogP contribution < -0.4 is 20.7 Å². The van der Waals surface area contributed by atoms with Crippen LogP contribution in [-0.2, 0) is 4.79 Å². The van der Waals surface area contributed by atoms with Crippen molar-refractivity contribution >= 4 is 17.7 Å². The molecule has 2 atom stereocenters. The number of hydrogen-bond donors (Lipinski definition) is 3. The number of para-hydroxylation sites is 1. The Morgan fingerprint density at radius 2 is 1.89 bits per heavy atom. The van der Waals surface area contributed by atoms with Gasteiger partial charge in [0.25, 0.3) is 0 Å². The molecule has 0 spiro atoms. The summed E-state index contributed by atoms with van der Waals surface area (Å²) in [7, 11) is 1.80. The molecule has 0 radical (unpaired) electrons. The molecular weight excluding hydrogens is 440 g/mol. The van der Waals surface area contributed by atoms with Gasteiger partial charge in [0.1, 0.15) is 23.4 Å². The third kappa shape index (κ3) is 5.58. The fourth-order valence-corrected chi connectivity index (χ4v) is 5.17. The number of hydrogen-bond acceptors (Lipinski definition) is 6. The van der Waals surface area contributed by atoms with Crippen molar-refractivity contribution in [3.05, 3.63) is 60.4 Å². The number of ether oxygens (including phenoxy) is 1. The van der Waals surface area contributed by atoms with Gasteiger partial charge in [0.05, 0.1) is 12.6 Å². The van der Waals surface area contributed by atoms with E-state index in [9.17, 15) is 4.79 Å². The molecule has 35 heavy (non-hydrogen) atoms. The highest BCUT2D eigenvalue weighted by Gasteiger charge is 2.29. The van der Waals surface area contributed by atoms with Crippen molar-refractivity contribution in [2.45, 2.75) is 57.0 Å². The first-order chi connectivity index (χ1) is 17.2. The van der Waals surface area contributed by atoms with Crippen LogP contribution >= 0.6 is 0 Å². The SMILES string of the molecule is CNc1nc(N[C@H](CC2CCCCC2)C(=O)NC2CCOc3ccccc32)cc(-n2cccc2)n1. The minimum atomic E-state index is -0.384. The normalized spacial score (nSPS) is 18.7. The third-order valence-electron chi connectivity index (χ3n) is 7.01. The number of aromatic nitrogens is 3. The minimum Gasteiger partial charge on any atom is -0.493 e. The zero-order valence-corrected chi connectivity index (χ0v) is 20.2. The minimum absolute atomic E-state index is 0.00408. The van der Waals surface area contributed by atoms with E-state index in [1.165, 1.54) is 32.1 Å². The third-order valence-corrected chi connectivity index (χ3v) is 7.01. The van der Waals surface area contributed by atoms with Crippen LogP contribution in [0.15, 0.2) is 54.9 Å². The molecule has 3 heterocycles. The van der Waals surface area contributed by atoms with Gasteiger partial charge in [-0.25, -0.2) is 0 Å². The van der Waals surface area contributed by atoms with Crippen molar-refractivity contribution in [3.8, 4) is 11.6 Å². The zero-order chi connectivity index (χ0) is 24.0. The van der Waals surface area contributed by atoms with Crippen LogP contribution in [0.5, 0.6) is 5.75 Å². The molecular formula is C27H34N6O2. The molecule has 1 aliphatic carbocycles. The van der Waals surface area contributed by atoms with E-state index >= 15 is 0 Å². The molecule has 8 heteroatoms. The van der Waals surface area contributed by atoms with Crippen LogP contribution in [0.25, 0.3) is 5.82 Å². The number of nitrogens with zero attached hydrogens (tertiary/aromatic N) is 3. The summed E-state index contributed by atoms with van der Waals surface area (Å²) in [6.07, 6.45) is 11.5. The van der Waals surface area contributed by atoms with E-state index in [1.807, 2.05) is 59.4 Å². The molecule has 184 valence electrons. The number of fused-ring (bicyclic) bond motifs is 1. The zero-order valence-electron chi connectivity index (χ0n) is 20.2. The van der Waals surface area contributed by atoms with Gasteiger partial charge in [-0.2, -0.15) is 9.97 Å². The Morgan fingerprint density at radius 3 is 2.69 bits per heavy atom. The van der Waals surface area contributed by atoms with Gasteiger partial charge in [-0.05, 0) is 30.5 Å². The fraction of sp³-hybridized carbons (Fsp3) is 0.444. The van der Waals surface area contributed by atoms with Crippen molar-refractivity contribution in [2.24, 2.45) is 5.92 Å². The number of benzene rings is 1. The van der Waals surface area contributed by atoms with Crippen LogP contribution in [0.3, 0.4) is 0 Å². The molecule has 0 saturated heterocycles. The Bertz CT molecular complexity index is 1130. The second kappa shape index (κ2) is 10.8. The summed E-state index contributed by atoms with van der Waals surface area (Å²) in [5.74, 6) is 3.27. The summed E-state index contributed by atoms with van der Waals surface area (Å²) in [6.45, 7) is 0.598. The first kappa shape index (κ1) is 23.2. The summed E-state index contributed by atoms with van der Waals surface area (Å²) in [5, 5.41) is 9.82. The maximum Gasteiger partial charge on any atom is 0.243 e. The molecule has 2 aromatic heterocycles. The lowest BCUT2D eigenvalue weighted by molar-refractivity contribution is -0.123. The van der Waals surface area contributed by atoms with Gasteiger partial charge in [0.2, 0.25) is 11.9 Å². The van der Waals surface area contributed by atoms with Gasteiger partial charge in [0.15, 0.2) is 0 Å². The molecule has 0 bridgehead atoms. The van der Waals surface area contributed by atoms with Crippen molar-refractivity contribution in [1.29, 1.82) is 0 Å². The van der Waals surface area contributed by atoms with Crippen molar-refractivity contribution in [2.75, 3.05) is 24.3 Å². The maximum absolute atomic E-state index is 13.7. The van der Waals surface area contributed by atoms with Crippen LogP contribution in [-0.4, -0.2) is 40.1 Å². The standard InChI is InChI=1S/C27H34N6O2/c1-28-27-31-24(18-25(32-27)33-14-7-8-15-33)29-22(17-19-9-3-2-4-10-19)26(34)30-21-13-16-35-23-12-6-5-11-20(21)23/h5-8,11-12,14-15,18-19,21-22H,2-4,9-10,13,16-17H2,1H3,(H,30,34)(H2,28,29,31,32)/t21?,22-/m1/s1. The Kier molecular flexibility index (Phi) is 7.16. The molecule has 1 saturated carbocycles. The van der Waals surface area contributed by atoms with E-state index in [2.05, 4.69) is 25.9 Å². The molecule has 3 aromatic rings. The Hall–Kier alpha value is -3.55. The highest BCUT2D eigenvalue weighted by molar-refractivity contribution is 5.85. The molecule has 1 aliphatic heterocycles. The number of amides is 1. The van der Waals surface area contributed by atoms with Gasteiger partial charge < -0.3 is 25.3 Å². The lowest BCUT2D eigenvalue weighted by Crippen LogP contribution is -2.43. The second-order valence-electron chi connectivity index (χ2n) is 9.45. The van der Waals surface area contributed by atoms with Crippen molar-refractivity contribution in [3.63, 3.8) is 0 Å². The molecule has 5 rings (SSSR count). The van der Waals surface area contributed by atoms with E-state index in [0.717, 1.165) is 30.0 Å². The van der Waals surface area contributed by atoms with E-state index < -0.39 is 0 Å². The quantitative estimate of drug-likeness (QED) is 0.438. The Labute approximate surface area is 206 Å². The van der Waals surface area contributed by atoms with Gasteiger partial charge >= 0.3 is 0 Å². The topological polar surface area (TPSA) is 93.1 Å². The molecule has 1 fully saturated rings. The largest absolute Gasteiger partial charge is 0.493 e. The molecule has 1 unspecified atom stereocenters. The van der Waals surface area contributed by atoms with Crippen LogP contribution in [0, 0.1) is 5.92 Å². The van der Waals surface area contributed by atoms with E-state index in [1.54, 1.807) is 7.05 Å². The summed E-state index contributed by atoms with van der Waals surface area (Å²) in [6, 6.07) is 13.3. The van der Waals surface area contributed by atoms with Crippen molar-refractivity contribution < 1.29 is 9.53 Å². The molecule has 1 aromatic carbocycles.